The molecule has 0 unspecified atom stereocenters. The fourth-order valence-corrected chi connectivity index (χ4v) is 2.93. The number of aromatic amines is 1. The summed E-state index contributed by atoms with van der Waals surface area (Å²) in [7, 11) is 1.67. The number of methoxy groups -OCH3 is 1. The zero-order chi connectivity index (χ0) is 18.5. The lowest BCUT2D eigenvalue weighted by Gasteiger charge is -2.03. The van der Waals surface area contributed by atoms with E-state index >= 15 is 0 Å². The first-order valence-electron chi connectivity index (χ1n) is 8.85. The van der Waals surface area contributed by atoms with Gasteiger partial charge in [-0.25, -0.2) is 4.98 Å². The van der Waals surface area contributed by atoms with Crippen molar-refractivity contribution in [2.75, 3.05) is 7.11 Å². The number of H-pyrrole nitrogens is 1. The van der Waals surface area contributed by atoms with Crippen LogP contribution in [0.5, 0.6) is 5.75 Å². The largest absolute Gasteiger partial charge is 0.497 e. The topological polar surface area (TPSA) is 37.9 Å². The van der Waals surface area contributed by atoms with E-state index in [4.69, 9.17) is 4.74 Å². The normalized spacial score (nSPS) is 11.0. The molecule has 1 heterocycles. The van der Waals surface area contributed by atoms with Gasteiger partial charge in [-0.3, -0.25) is 0 Å². The second-order valence-electron chi connectivity index (χ2n) is 6.23. The number of hydrogen-bond donors (Lipinski definition) is 1. The highest BCUT2D eigenvalue weighted by Gasteiger charge is 2.03. The SMILES string of the molecule is COc1ccc(C=Cc2ncc(-c3ccc(-c4ccccc4)cc3)[nH]2)cc1. The number of hydrogen-bond acceptors (Lipinski definition) is 2. The predicted octanol–water partition coefficient (Wildman–Crippen LogP) is 5.92. The Kier molecular flexibility index (Phi) is 4.84. The van der Waals surface area contributed by atoms with Gasteiger partial charge in [0.25, 0.3) is 0 Å². The molecule has 0 aliphatic heterocycles. The number of imidazole rings is 1. The zero-order valence-corrected chi connectivity index (χ0v) is 15.1. The van der Waals surface area contributed by atoms with Crippen molar-refractivity contribution in [2.45, 2.75) is 0 Å². The first-order chi connectivity index (χ1) is 13.3. The standard InChI is InChI=1S/C24H20N2O/c1-27-22-14-7-18(8-15-22)9-16-24-25-17-23(26-24)21-12-10-20(11-13-21)19-5-3-2-4-6-19/h2-17H,1H3,(H,25,26). The van der Waals surface area contributed by atoms with Crippen molar-refractivity contribution in [3.63, 3.8) is 0 Å². The summed E-state index contributed by atoms with van der Waals surface area (Å²) in [5.41, 5.74) is 5.64. The lowest BCUT2D eigenvalue weighted by Crippen LogP contribution is -1.82. The molecule has 0 bridgehead atoms. The van der Waals surface area contributed by atoms with E-state index in [9.17, 15) is 0 Å². The van der Waals surface area contributed by atoms with Gasteiger partial charge in [-0.1, -0.05) is 72.8 Å². The van der Waals surface area contributed by atoms with Crippen LogP contribution in [0, 0.1) is 0 Å². The Hall–Kier alpha value is -3.59. The van der Waals surface area contributed by atoms with Gasteiger partial charge >= 0.3 is 0 Å². The molecular formula is C24H20N2O. The van der Waals surface area contributed by atoms with Crippen molar-refractivity contribution in [1.29, 1.82) is 0 Å². The second kappa shape index (κ2) is 7.75. The van der Waals surface area contributed by atoms with Crippen LogP contribution in [0.2, 0.25) is 0 Å². The van der Waals surface area contributed by atoms with Crippen LogP contribution in [0.25, 0.3) is 34.5 Å². The highest BCUT2D eigenvalue weighted by atomic mass is 16.5. The minimum absolute atomic E-state index is 0.827. The molecule has 0 atom stereocenters. The minimum atomic E-state index is 0.827. The molecule has 0 fully saturated rings. The molecule has 3 nitrogen and oxygen atoms in total. The zero-order valence-electron chi connectivity index (χ0n) is 15.1. The number of nitrogens with zero attached hydrogens (tertiary/aromatic N) is 1. The van der Waals surface area contributed by atoms with Crippen LogP contribution in [0.1, 0.15) is 11.4 Å². The van der Waals surface area contributed by atoms with E-state index in [1.807, 2.05) is 48.7 Å². The Morgan fingerprint density at radius 2 is 1.41 bits per heavy atom. The molecule has 0 spiro atoms. The Bertz CT molecular complexity index is 1030. The molecule has 3 aromatic carbocycles. The van der Waals surface area contributed by atoms with Gasteiger partial charge in [-0.2, -0.15) is 0 Å². The molecule has 0 saturated heterocycles. The number of nitrogens with one attached hydrogen (secondary N) is 1. The van der Waals surface area contributed by atoms with E-state index in [0.717, 1.165) is 28.4 Å². The number of benzene rings is 3. The summed E-state index contributed by atoms with van der Waals surface area (Å²) >= 11 is 0. The average Bonchev–Trinajstić information content (AvgIpc) is 3.22. The lowest BCUT2D eigenvalue weighted by molar-refractivity contribution is 0.415. The molecule has 0 aliphatic carbocycles. The maximum atomic E-state index is 5.18. The third-order valence-electron chi connectivity index (χ3n) is 4.45. The summed E-state index contributed by atoms with van der Waals surface area (Å²) in [6, 6.07) is 26.8. The van der Waals surface area contributed by atoms with Crippen molar-refractivity contribution in [3.8, 4) is 28.1 Å². The molecule has 0 aliphatic rings. The quantitative estimate of drug-likeness (QED) is 0.484. The second-order valence-corrected chi connectivity index (χ2v) is 6.23. The fourth-order valence-electron chi connectivity index (χ4n) is 2.93. The van der Waals surface area contributed by atoms with Crippen LogP contribution >= 0.6 is 0 Å². The van der Waals surface area contributed by atoms with Crippen LogP contribution < -0.4 is 4.74 Å². The highest BCUT2D eigenvalue weighted by Crippen LogP contribution is 2.24. The van der Waals surface area contributed by atoms with Gasteiger partial charge in [0, 0.05) is 0 Å². The van der Waals surface area contributed by atoms with Crippen molar-refractivity contribution < 1.29 is 4.74 Å². The maximum Gasteiger partial charge on any atom is 0.130 e. The van der Waals surface area contributed by atoms with Crippen molar-refractivity contribution in [3.05, 3.63) is 96.4 Å². The van der Waals surface area contributed by atoms with E-state index < -0.39 is 0 Å². The Morgan fingerprint density at radius 1 is 0.741 bits per heavy atom. The van der Waals surface area contributed by atoms with Crippen molar-refractivity contribution in [1.82, 2.24) is 9.97 Å². The molecule has 4 aromatic rings. The maximum absolute atomic E-state index is 5.18. The Morgan fingerprint density at radius 3 is 2.11 bits per heavy atom. The number of ether oxygens (including phenoxy) is 1. The fraction of sp³-hybridized carbons (Fsp3) is 0.0417. The molecule has 0 radical (unpaired) electrons. The molecule has 3 heteroatoms. The first-order valence-corrected chi connectivity index (χ1v) is 8.85. The molecule has 132 valence electrons. The molecule has 1 aromatic heterocycles. The number of rotatable bonds is 5. The van der Waals surface area contributed by atoms with E-state index in [2.05, 4.69) is 58.5 Å². The molecule has 4 rings (SSSR count). The van der Waals surface area contributed by atoms with Gasteiger partial charge in [0.15, 0.2) is 0 Å². The summed E-state index contributed by atoms with van der Waals surface area (Å²) in [6.07, 6.45) is 5.87. The molecular weight excluding hydrogens is 332 g/mol. The average molecular weight is 352 g/mol. The van der Waals surface area contributed by atoms with E-state index in [1.54, 1.807) is 7.11 Å². The Labute approximate surface area is 159 Å². The highest BCUT2D eigenvalue weighted by molar-refractivity contribution is 5.71. The summed E-state index contributed by atoms with van der Waals surface area (Å²) in [5, 5.41) is 0. The van der Waals surface area contributed by atoms with Gasteiger partial charge < -0.3 is 9.72 Å². The summed E-state index contributed by atoms with van der Waals surface area (Å²) < 4.78 is 5.18. The monoisotopic (exact) mass is 352 g/mol. The summed E-state index contributed by atoms with van der Waals surface area (Å²) in [6.45, 7) is 0. The van der Waals surface area contributed by atoms with Crippen LogP contribution in [0.15, 0.2) is 85.1 Å². The smallest absolute Gasteiger partial charge is 0.130 e. The van der Waals surface area contributed by atoms with E-state index in [0.29, 0.717) is 0 Å². The van der Waals surface area contributed by atoms with Gasteiger partial charge in [0.2, 0.25) is 0 Å². The molecule has 1 N–H and O–H groups in total. The lowest BCUT2D eigenvalue weighted by atomic mass is 10.0. The summed E-state index contributed by atoms with van der Waals surface area (Å²) in [5.74, 6) is 1.68. The summed E-state index contributed by atoms with van der Waals surface area (Å²) in [4.78, 5) is 7.81. The molecule has 0 saturated carbocycles. The van der Waals surface area contributed by atoms with Crippen LogP contribution in [0.4, 0.5) is 0 Å². The number of aromatic nitrogens is 2. The van der Waals surface area contributed by atoms with Crippen LogP contribution in [0.3, 0.4) is 0 Å². The third-order valence-corrected chi connectivity index (χ3v) is 4.45. The first kappa shape index (κ1) is 16.9. The minimum Gasteiger partial charge on any atom is -0.497 e. The van der Waals surface area contributed by atoms with Crippen LogP contribution in [-0.4, -0.2) is 17.1 Å². The van der Waals surface area contributed by atoms with Crippen molar-refractivity contribution in [2.24, 2.45) is 0 Å². The molecule has 27 heavy (non-hydrogen) atoms. The van der Waals surface area contributed by atoms with E-state index in [1.165, 1.54) is 11.1 Å². The molecule has 0 amide bonds. The van der Waals surface area contributed by atoms with Gasteiger partial charge in [-0.05, 0) is 40.5 Å². The van der Waals surface area contributed by atoms with E-state index in [-0.39, 0.29) is 0 Å². The van der Waals surface area contributed by atoms with Crippen molar-refractivity contribution >= 4 is 12.2 Å². The van der Waals surface area contributed by atoms with Gasteiger partial charge in [0.1, 0.15) is 11.6 Å². The Balaban J connectivity index is 1.49. The third kappa shape index (κ3) is 3.98. The van der Waals surface area contributed by atoms with Gasteiger partial charge in [-0.15, -0.1) is 0 Å². The van der Waals surface area contributed by atoms with Gasteiger partial charge in [0.05, 0.1) is 19.0 Å². The van der Waals surface area contributed by atoms with Crippen LogP contribution in [-0.2, 0) is 0 Å². The predicted molar refractivity (Wildman–Crippen MR) is 111 cm³/mol.